The molecule has 0 fully saturated rings. The number of allylic oxidation sites excluding steroid dienone is 4. The molecule has 0 saturated heterocycles. The van der Waals surface area contributed by atoms with Crippen LogP contribution >= 0.6 is 0 Å². The second kappa shape index (κ2) is 15.6. The van der Waals surface area contributed by atoms with Gasteiger partial charge in [0.1, 0.15) is 0 Å². The van der Waals surface area contributed by atoms with Gasteiger partial charge < -0.3 is 9.80 Å². The monoisotopic (exact) mass is 742 g/mol. The smallest absolute Gasteiger partial charge is 0.0540 e. The van der Waals surface area contributed by atoms with Gasteiger partial charge in [-0.2, -0.15) is 0 Å². The molecule has 0 heterocycles. The second-order valence-electron chi connectivity index (χ2n) is 14.9. The van der Waals surface area contributed by atoms with E-state index in [9.17, 15) is 0 Å². The number of anilines is 6. The van der Waals surface area contributed by atoms with Gasteiger partial charge in [0.2, 0.25) is 0 Å². The maximum Gasteiger partial charge on any atom is 0.0540 e. The molecule has 10 rings (SSSR count). The Balaban J connectivity index is 0.999. The lowest BCUT2D eigenvalue weighted by Gasteiger charge is -2.28. The van der Waals surface area contributed by atoms with Crippen LogP contribution in [0.3, 0.4) is 0 Å². The Morgan fingerprint density at radius 3 is 1.10 bits per heavy atom. The third-order valence-electron chi connectivity index (χ3n) is 11.3. The standard InChI is InChI=1S/C56H42N2/c1-3-13-41(14-4-1)43-25-33-49(34-26-43)57(55-23-11-19-47-17-7-9-21-53(47)55)51-37-29-45(30-38-51)46-31-39-52(40-32-46)58(56-24-12-20-48-18-8-10-22-54(48)56)50-35-27-44(28-36-50)42-15-5-2-6-16-42/h1,3-5,7-40H,2,6H2. The molecular weight excluding hydrogens is 701 g/mol. The van der Waals surface area contributed by atoms with Crippen LogP contribution in [-0.4, -0.2) is 0 Å². The Kier molecular flexibility index (Phi) is 9.43. The van der Waals surface area contributed by atoms with Crippen LogP contribution in [0.1, 0.15) is 18.4 Å². The van der Waals surface area contributed by atoms with Crippen molar-refractivity contribution in [3.05, 3.63) is 236 Å². The highest BCUT2D eigenvalue weighted by molar-refractivity contribution is 6.00. The molecule has 0 bridgehead atoms. The topological polar surface area (TPSA) is 6.48 Å². The summed E-state index contributed by atoms with van der Waals surface area (Å²) in [5.41, 5.74) is 14.1. The molecule has 9 aromatic rings. The lowest BCUT2D eigenvalue weighted by Crippen LogP contribution is -2.10. The van der Waals surface area contributed by atoms with Crippen LogP contribution in [0.5, 0.6) is 0 Å². The maximum absolute atomic E-state index is 2.38. The molecule has 0 atom stereocenters. The molecule has 276 valence electrons. The van der Waals surface area contributed by atoms with E-state index in [4.69, 9.17) is 0 Å². The highest BCUT2D eigenvalue weighted by Crippen LogP contribution is 2.42. The van der Waals surface area contributed by atoms with Gasteiger partial charge in [0, 0.05) is 33.5 Å². The highest BCUT2D eigenvalue weighted by atomic mass is 15.1. The van der Waals surface area contributed by atoms with E-state index in [-0.39, 0.29) is 0 Å². The summed E-state index contributed by atoms with van der Waals surface area (Å²) in [7, 11) is 0. The van der Waals surface area contributed by atoms with Crippen LogP contribution in [0.4, 0.5) is 34.1 Å². The van der Waals surface area contributed by atoms with E-state index in [1.807, 2.05) is 0 Å². The van der Waals surface area contributed by atoms with Crippen LogP contribution in [0, 0.1) is 0 Å². The lowest BCUT2D eigenvalue weighted by atomic mass is 9.99. The maximum atomic E-state index is 2.38. The lowest BCUT2D eigenvalue weighted by molar-refractivity contribution is 1.04. The molecule has 0 amide bonds. The third-order valence-corrected chi connectivity index (χ3v) is 11.3. The molecule has 1 aliphatic carbocycles. The average molecular weight is 743 g/mol. The summed E-state index contributed by atoms with van der Waals surface area (Å²) in [6, 6.07) is 76.9. The largest absolute Gasteiger partial charge is 0.310 e. The number of rotatable bonds is 9. The zero-order valence-corrected chi connectivity index (χ0v) is 32.2. The minimum absolute atomic E-state index is 1.09. The van der Waals surface area contributed by atoms with Gasteiger partial charge in [0.05, 0.1) is 11.4 Å². The summed E-state index contributed by atoms with van der Waals surface area (Å²) in [5.74, 6) is 0. The van der Waals surface area contributed by atoms with Gasteiger partial charge in [0.25, 0.3) is 0 Å². The Morgan fingerprint density at radius 1 is 0.293 bits per heavy atom. The van der Waals surface area contributed by atoms with Gasteiger partial charge in [0.15, 0.2) is 0 Å². The van der Waals surface area contributed by atoms with E-state index >= 15 is 0 Å². The first-order chi connectivity index (χ1) is 28.8. The molecule has 0 unspecified atom stereocenters. The normalized spacial score (nSPS) is 12.4. The summed E-state index contributed by atoms with van der Waals surface area (Å²) < 4.78 is 0. The van der Waals surface area contributed by atoms with Crippen molar-refractivity contribution < 1.29 is 0 Å². The minimum Gasteiger partial charge on any atom is -0.310 e. The summed E-state index contributed by atoms with van der Waals surface area (Å²) in [5, 5.41) is 4.87. The van der Waals surface area contributed by atoms with E-state index in [0.29, 0.717) is 0 Å². The van der Waals surface area contributed by atoms with Crippen molar-refractivity contribution in [3.63, 3.8) is 0 Å². The number of benzene rings is 9. The first kappa shape index (κ1) is 35.0. The SMILES string of the molecule is C1=CC(c2ccc(N(c3ccc(-c4ccc(N(c5ccc(-c6ccccc6)cc5)c5cccc6ccccc56)cc4)cc3)c3cccc4ccccc34)cc2)=CCC1. The number of fused-ring (bicyclic) bond motifs is 2. The Morgan fingerprint density at radius 2 is 0.672 bits per heavy atom. The van der Waals surface area contributed by atoms with Crippen LogP contribution < -0.4 is 9.80 Å². The first-order valence-electron chi connectivity index (χ1n) is 20.2. The first-order valence-corrected chi connectivity index (χ1v) is 20.2. The van der Waals surface area contributed by atoms with E-state index < -0.39 is 0 Å². The molecule has 2 heteroatoms. The molecule has 0 radical (unpaired) electrons. The van der Waals surface area contributed by atoms with E-state index in [0.717, 1.165) is 47.0 Å². The van der Waals surface area contributed by atoms with Crippen molar-refractivity contribution in [1.82, 2.24) is 0 Å². The zero-order valence-electron chi connectivity index (χ0n) is 32.2. The van der Waals surface area contributed by atoms with Gasteiger partial charge >= 0.3 is 0 Å². The summed E-state index contributed by atoms with van der Waals surface area (Å²) in [6.45, 7) is 0. The number of hydrogen-bond donors (Lipinski definition) is 0. The highest BCUT2D eigenvalue weighted by Gasteiger charge is 2.18. The molecule has 0 saturated carbocycles. The van der Waals surface area contributed by atoms with Crippen LogP contribution in [0.25, 0.3) is 49.4 Å². The van der Waals surface area contributed by atoms with Crippen molar-refractivity contribution in [2.24, 2.45) is 0 Å². The summed E-state index contributed by atoms with van der Waals surface area (Å²) in [4.78, 5) is 4.76. The predicted octanol–water partition coefficient (Wildman–Crippen LogP) is 16.0. The fourth-order valence-electron chi connectivity index (χ4n) is 8.33. The third kappa shape index (κ3) is 6.86. The molecule has 2 nitrogen and oxygen atoms in total. The molecule has 9 aromatic carbocycles. The fraction of sp³-hybridized carbons (Fsp3) is 0.0357. The van der Waals surface area contributed by atoms with Crippen molar-refractivity contribution in [2.75, 3.05) is 9.80 Å². The molecule has 0 spiro atoms. The van der Waals surface area contributed by atoms with Crippen molar-refractivity contribution >= 4 is 61.2 Å². The molecule has 58 heavy (non-hydrogen) atoms. The summed E-state index contributed by atoms with van der Waals surface area (Å²) in [6.07, 6.45) is 9.07. The van der Waals surface area contributed by atoms with Crippen LogP contribution in [-0.2, 0) is 0 Å². The van der Waals surface area contributed by atoms with E-state index in [1.165, 1.54) is 54.9 Å². The molecular formula is C56H42N2. The number of hydrogen-bond acceptors (Lipinski definition) is 2. The fourth-order valence-corrected chi connectivity index (χ4v) is 8.33. The quantitative estimate of drug-likeness (QED) is 0.145. The second-order valence-corrected chi connectivity index (χ2v) is 14.9. The number of nitrogens with zero attached hydrogens (tertiary/aromatic N) is 2. The zero-order chi connectivity index (χ0) is 38.7. The van der Waals surface area contributed by atoms with Gasteiger partial charge in [-0.05, 0) is 118 Å². The van der Waals surface area contributed by atoms with Gasteiger partial charge in [-0.25, -0.2) is 0 Å². The van der Waals surface area contributed by atoms with Crippen LogP contribution in [0.2, 0.25) is 0 Å². The average Bonchev–Trinajstić information content (AvgIpc) is 3.31. The van der Waals surface area contributed by atoms with Gasteiger partial charge in [-0.3, -0.25) is 0 Å². The van der Waals surface area contributed by atoms with E-state index in [2.05, 4.69) is 240 Å². The predicted molar refractivity (Wildman–Crippen MR) is 248 cm³/mol. The minimum atomic E-state index is 1.09. The Labute approximate surface area is 340 Å². The Hall–Kier alpha value is -7.42. The van der Waals surface area contributed by atoms with Crippen LogP contribution in [0.15, 0.2) is 231 Å². The molecule has 0 aliphatic heterocycles. The van der Waals surface area contributed by atoms with Crippen molar-refractivity contribution in [2.45, 2.75) is 12.8 Å². The van der Waals surface area contributed by atoms with Crippen molar-refractivity contribution in [1.29, 1.82) is 0 Å². The Bertz CT molecular complexity index is 2890. The molecule has 0 N–H and O–H groups in total. The van der Waals surface area contributed by atoms with Gasteiger partial charge in [-0.15, -0.1) is 0 Å². The molecule has 0 aromatic heterocycles. The van der Waals surface area contributed by atoms with Gasteiger partial charge in [-0.1, -0.05) is 170 Å². The molecule has 1 aliphatic rings. The summed E-state index contributed by atoms with van der Waals surface area (Å²) >= 11 is 0. The van der Waals surface area contributed by atoms with Crippen molar-refractivity contribution in [3.8, 4) is 22.3 Å². The van der Waals surface area contributed by atoms with E-state index in [1.54, 1.807) is 0 Å².